The molecule has 0 spiro atoms. The lowest BCUT2D eigenvalue weighted by Gasteiger charge is -2.38. The monoisotopic (exact) mass is 381 g/mol. The molecule has 0 unspecified atom stereocenters. The van der Waals surface area contributed by atoms with Crippen molar-refractivity contribution in [1.82, 2.24) is 10.6 Å². The van der Waals surface area contributed by atoms with E-state index in [9.17, 15) is 0 Å². The fraction of sp³-hybridized carbons (Fsp3) is 0.435. The molecule has 2 N–H and O–H groups in total. The summed E-state index contributed by atoms with van der Waals surface area (Å²) in [6.07, 6.45) is 2.02. The molecule has 1 aliphatic heterocycles. The van der Waals surface area contributed by atoms with Crippen molar-refractivity contribution in [2.45, 2.75) is 31.7 Å². The van der Waals surface area contributed by atoms with Gasteiger partial charge in [-0.3, -0.25) is 0 Å². The Balaban J connectivity index is 1.73. The van der Waals surface area contributed by atoms with E-state index in [1.165, 1.54) is 5.56 Å². The van der Waals surface area contributed by atoms with Crippen molar-refractivity contribution in [2.24, 2.45) is 4.99 Å². The topological polar surface area (TPSA) is 54.9 Å². The van der Waals surface area contributed by atoms with Gasteiger partial charge in [-0.1, -0.05) is 48.5 Å². The van der Waals surface area contributed by atoms with Gasteiger partial charge in [-0.05, 0) is 31.4 Å². The molecule has 0 radical (unpaired) electrons. The van der Waals surface area contributed by atoms with E-state index in [2.05, 4.69) is 54.0 Å². The van der Waals surface area contributed by atoms with Crippen LogP contribution in [0.2, 0.25) is 0 Å². The zero-order valence-electron chi connectivity index (χ0n) is 16.9. The van der Waals surface area contributed by atoms with Crippen LogP contribution in [0.3, 0.4) is 0 Å². The van der Waals surface area contributed by atoms with E-state index >= 15 is 0 Å². The molecule has 0 atom stereocenters. The van der Waals surface area contributed by atoms with Crippen LogP contribution in [0.1, 0.15) is 30.9 Å². The number of hydrogen-bond acceptors (Lipinski definition) is 3. The summed E-state index contributed by atoms with van der Waals surface area (Å²) in [6, 6.07) is 18.8. The molecule has 0 amide bonds. The highest BCUT2D eigenvalue weighted by atomic mass is 16.5. The summed E-state index contributed by atoms with van der Waals surface area (Å²) in [5.74, 6) is 1.70. The molecule has 0 bridgehead atoms. The molecule has 3 rings (SSSR count). The summed E-state index contributed by atoms with van der Waals surface area (Å²) in [7, 11) is 1.70. The van der Waals surface area contributed by atoms with Crippen LogP contribution in [-0.2, 0) is 16.7 Å². The van der Waals surface area contributed by atoms with E-state index in [0.717, 1.165) is 56.4 Å². The smallest absolute Gasteiger partial charge is 0.191 e. The molecule has 1 aliphatic rings. The SMILES string of the molecule is CCNC(=NCc1ccccc1OC)NCC1(c2ccccc2)CCOCC1. The number of guanidine groups is 1. The molecule has 5 heteroatoms. The second kappa shape index (κ2) is 10.1. The van der Waals surface area contributed by atoms with Gasteiger partial charge in [0.15, 0.2) is 5.96 Å². The van der Waals surface area contributed by atoms with Gasteiger partial charge < -0.3 is 20.1 Å². The lowest BCUT2D eigenvalue weighted by atomic mass is 9.74. The van der Waals surface area contributed by atoms with Gasteiger partial charge >= 0.3 is 0 Å². The average Bonchev–Trinajstić information content (AvgIpc) is 2.77. The number of nitrogens with one attached hydrogen (secondary N) is 2. The van der Waals surface area contributed by atoms with E-state index in [0.29, 0.717) is 6.54 Å². The molecule has 28 heavy (non-hydrogen) atoms. The summed E-state index contributed by atoms with van der Waals surface area (Å²) in [4.78, 5) is 4.78. The first-order valence-corrected chi connectivity index (χ1v) is 10.0. The van der Waals surface area contributed by atoms with Crippen molar-refractivity contribution in [3.05, 3.63) is 65.7 Å². The number of methoxy groups -OCH3 is 1. The zero-order chi connectivity index (χ0) is 19.7. The summed E-state index contributed by atoms with van der Waals surface area (Å²) in [5, 5.41) is 6.95. The second-order valence-electron chi connectivity index (χ2n) is 7.12. The Morgan fingerprint density at radius 1 is 1.04 bits per heavy atom. The van der Waals surface area contributed by atoms with E-state index in [4.69, 9.17) is 14.5 Å². The highest BCUT2D eigenvalue weighted by Gasteiger charge is 2.34. The van der Waals surface area contributed by atoms with E-state index in [-0.39, 0.29) is 5.41 Å². The molecule has 0 aromatic heterocycles. The van der Waals surface area contributed by atoms with Gasteiger partial charge in [0, 0.05) is 37.3 Å². The van der Waals surface area contributed by atoms with Gasteiger partial charge in [0.25, 0.3) is 0 Å². The van der Waals surface area contributed by atoms with Crippen LogP contribution in [0.4, 0.5) is 0 Å². The van der Waals surface area contributed by atoms with E-state index < -0.39 is 0 Å². The van der Waals surface area contributed by atoms with Crippen LogP contribution in [0, 0.1) is 0 Å². The molecule has 0 saturated carbocycles. The fourth-order valence-corrected chi connectivity index (χ4v) is 3.71. The lowest BCUT2D eigenvalue weighted by molar-refractivity contribution is 0.0514. The van der Waals surface area contributed by atoms with Gasteiger partial charge in [0.2, 0.25) is 0 Å². The first-order valence-electron chi connectivity index (χ1n) is 10.0. The number of aliphatic imine (C=N–C) groups is 1. The normalized spacial score (nSPS) is 16.4. The number of nitrogens with zero attached hydrogens (tertiary/aromatic N) is 1. The summed E-state index contributed by atoms with van der Waals surface area (Å²) >= 11 is 0. The highest BCUT2D eigenvalue weighted by molar-refractivity contribution is 5.80. The number of benzene rings is 2. The third kappa shape index (κ3) is 5.04. The number of rotatable bonds is 7. The number of hydrogen-bond donors (Lipinski definition) is 2. The molecule has 2 aromatic carbocycles. The predicted octanol–water partition coefficient (Wildman–Crippen LogP) is 3.50. The van der Waals surface area contributed by atoms with Crippen molar-refractivity contribution in [3.8, 4) is 5.75 Å². The standard InChI is InChI=1S/C23H31N3O2/c1-3-24-22(25-17-19-9-7-8-12-21(19)27-2)26-18-23(13-15-28-16-14-23)20-10-5-4-6-11-20/h4-12H,3,13-18H2,1-2H3,(H2,24,25,26). The zero-order valence-corrected chi connectivity index (χ0v) is 16.9. The molecule has 1 saturated heterocycles. The molecule has 0 aliphatic carbocycles. The van der Waals surface area contributed by atoms with Crippen molar-refractivity contribution < 1.29 is 9.47 Å². The largest absolute Gasteiger partial charge is 0.496 e. The Kier molecular flexibility index (Phi) is 7.31. The Morgan fingerprint density at radius 2 is 1.75 bits per heavy atom. The van der Waals surface area contributed by atoms with Crippen molar-refractivity contribution in [1.29, 1.82) is 0 Å². The Bertz CT molecular complexity index is 755. The summed E-state index contributed by atoms with van der Waals surface area (Å²) < 4.78 is 11.1. The van der Waals surface area contributed by atoms with Crippen molar-refractivity contribution in [3.63, 3.8) is 0 Å². The van der Waals surface area contributed by atoms with Gasteiger partial charge in [-0.25, -0.2) is 4.99 Å². The first kappa shape index (κ1) is 20.2. The van der Waals surface area contributed by atoms with Crippen LogP contribution >= 0.6 is 0 Å². The molecule has 5 nitrogen and oxygen atoms in total. The van der Waals surface area contributed by atoms with Crippen molar-refractivity contribution >= 4 is 5.96 Å². The highest BCUT2D eigenvalue weighted by Crippen LogP contribution is 2.34. The van der Waals surface area contributed by atoms with E-state index in [1.54, 1.807) is 7.11 Å². The van der Waals surface area contributed by atoms with Gasteiger partial charge in [0.1, 0.15) is 5.75 Å². The maximum atomic E-state index is 5.64. The summed E-state index contributed by atoms with van der Waals surface area (Å²) in [5.41, 5.74) is 2.51. The lowest BCUT2D eigenvalue weighted by Crippen LogP contribution is -2.48. The second-order valence-corrected chi connectivity index (χ2v) is 7.12. The molecule has 2 aromatic rings. The Hall–Kier alpha value is -2.53. The minimum atomic E-state index is 0.0696. The fourth-order valence-electron chi connectivity index (χ4n) is 3.71. The molecule has 1 heterocycles. The van der Waals surface area contributed by atoms with E-state index in [1.807, 2.05) is 18.2 Å². The van der Waals surface area contributed by atoms with Crippen LogP contribution in [0.25, 0.3) is 0 Å². The first-order chi connectivity index (χ1) is 13.8. The number of ether oxygens (including phenoxy) is 2. The summed E-state index contributed by atoms with van der Waals surface area (Å²) in [6.45, 7) is 5.90. The third-order valence-electron chi connectivity index (χ3n) is 5.37. The maximum Gasteiger partial charge on any atom is 0.191 e. The molecule has 1 fully saturated rings. The van der Waals surface area contributed by atoms with Crippen LogP contribution in [-0.4, -0.2) is 39.4 Å². The Morgan fingerprint density at radius 3 is 2.46 bits per heavy atom. The minimum absolute atomic E-state index is 0.0696. The van der Waals surface area contributed by atoms with Gasteiger partial charge in [0.05, 0.1) is 13.7 Å². The molecular formula is C23H31N3O2. The van der Waals surface area contributed by atoms with Crippen LogP contribution < -0.4 is 15.4 Å². The average molecular weight is 382 g/mol. The van der Waals surface area contributed by atoms with Gasteiger partial charge in [-0.15, -0.1) is 0 Å². The van der Waals surface area contributed by atoms with Crippen LogP contribution in [0.15, 0.2) is 59.6 Å². The van der Waals surface area contributed by atoms with Crippen molar-refractivity contribution in [2.75, 3.05) is 33.4 Å². The quantitative estimate of drug-likeness (QED) is 0.569. The minimum Gasteiger partial charge on any atom is -0.496 e. The molecular weight excluding hydrogens is 350 g/mol. The molecule has 150 valence electrons. The third-order valence-corrected chi connectivity index (χ3v) is 5.37. The predicted molar refractivity (Wildman–Crippen MR) is 114 cm³/mol. The number of para-hydroxylation sites is 1. The van der Waals surface area contributed by atoms with Gasteiger partial charge in [-0.2, -0.15) is 0 Å². The Labute approximate surface area is 168 Å². The van der Waals surface area contributed by atoms with Crippen LogP contribution in [0.5, 0.6) is 5.75 Å². The maximum absolute atomic E-state index is 5.64.